The molecule has 1 atom stereocenters. The minimum atomic E-state index is -4.10. The van der Waals surface area contributed by atoms with Crippen molar-refractivity contribution in [3.63, 3.8) is 0 Å². The summed E-state index contributed by atoms with van der Waals surface area (Å²) in [5.41, 5.74) is 1.83. The number of hydrogen-bond donors (Lipinski definition) is 2. The number of nitro benzene ring substituents is 1. The molecule has 0 spiro atoms. The number of aryl methyl sites for hydroxylation is 1. The number of carbonyl (C=O) groups excluding carboxylic acids is 1. The fraction of sp³-hybridized carbons (Fsp3) is 0.0952. The highest BCUT2D eigenvalue weighted by Crippen LogP contribution is 2.33. The molecule has 0 radical (unpaired) electrons. The van der Waals surface area contributed by atoms with Gasteiger partial charge in [0.05, 0.1) is 15.4 Å². The van der Waals surface area contributed by atoms with Crippen molar-refractivity contribution < 1.29 is 18.1 Å². The number of nitrogens with one attached hydrogen (secondary N) is 2. The van der Waals surface area contributed by atoms with Crippen molar-refractivity contribution >= 4 is 27.3 Å². The highest BCUT2D eigenvalue weighted by atomic mass is 32.2. The van der Waals surface area contributed by atoms with E-state index in [0.29, 0.717) is 11.3 Å². The van der Waals surface area contributed by atoms with Gasteiger partial charge in [-0.1, -0.05) is 42.0 Å². The summed E-state index contributed by atoms with van der Waals surface area (Å²) in [5.74, 6) is -0.582. The zero-order chi connectivity index (χ0) is 22.2. The maximum Gasteiger partial charge on any atom is 0.273 e. The summed E-state index contributed by atoms with van der Waals surface area (Å²) in [4.78, 5) is 26.2. The number of fused-ring (bicyclic) bond motifs is 1. The maximum atomic E-state index is 13.2. The molecule has 0 aliphatic carbocycles. The number of anilines is 1. The second-order valence-electron chi connectivity index (χ2n) is 7.03. The van der Waals surface area contributed by atoms with E-state index in [4.69, 9.17) is 0 Å². The Balaban J connectivity index is 1.78. The smallest absolute Gasteiger partial charge is 0.273 e. The molecule has 1 amide bonds. The Bertz CT molecular complexity index is 1270. The molecule has 2 N–H and O–H groups in total. The van der Waals surface area contributed by atoms with Crippen LogP contribution in [-0.2, 0) is 10.0 Å². The molecule has 0 unspecified atom stereocenters. The van der Waals surface area contributed by atoms with Crippen LogP contribution in [0.3, 0.4) is 0 Å². The molecule has 10 heteroatoms. The molecule has 3 aromatic rings. The first kappa shape index (κ1) is 20.5. The number of rotatable bonds is 5. The summed E-state index contributed by atoms with van der Waals surface area (Å²) < 4.78 is 26.0. The van der Waals surface area contributed by atoms with Crippen LogP contribution in [0.1, 0.15) is 27.7 Å². The van der Waals surface area contributed by atoms with Crippen LogP contribution in [0.25, 0.3) is 0 Å². The van der Waals surface area contributed by atoms with E-state index in [9.17, 15) is 23.3 Å². The second-order valence-corrected chi connectivity index (χ2v) is 8.69. The van der Waals surface area contributed by atoms with Gasteiger partial charge in [-0.3, -0.25) is 14.9 Å². The van der Waals surface area contributed by atoms with Crippen LogP contribution in [0.5, 0.6) is 0 Å². The second kappa shape index (κ2) is 7.82. The molecule has 158 valence electrons. The monoisotopic (exact) mass is 438 g/mol. The lowest BCUT2D eigenvalue weighted by Crippen LogP contribution is -2.52. The van der Waals surface area contributed by atoms with Crippen LogP contribution in [0.4, 0.5) is 11.4 Å². The summed E-state index contributed by atoms with van der Waals surface area (Å²) in [6.45, 7) is 1.83. The van der Waals surface area contributed by atoms with Gasteiger partial charge in [0, 0.05) is 23.4 Å². The summed E-state index contributed by atoms with van der Waals surface area (Å²) in [6.07, 6.45) is -0.998. The van der Waals surface area contributed by atoms with E-state index in [2.05, 4.69) is 10.1 Å². The van der Waals surface area contributed by atoms with Crippen LogP contribution < -0.4 is 10.1 Å². The Morgan fingerprint density at radius 1 is 1.03 bits per heavy atom. The molecule has 31 heavy (non-hydrogen) atoms. The Kier molecular flexibility index (Phi) is 5.17. The lowest BCUT2D eigenvalue weighted by Gasteiger charge is -2.37. The molecule has 0 fully saturated rings. The first-order chi connectivity index (χ1) is 14.8. The Hall–Kier alpha value is -3.76. The van der Waals surface area contributed by atoms with Gasteiger partial charge in [0.15, 0.2) is 0 Å². The average Bonchev–Trinajstić information content (AvgIpc) is 2.76. The van der Waals surface area contributed by atoms with Gasteiger partial charge in [0.2, 0.25) is 0 Å². The zero-order valence-corrected chi connectivity index (χ0v) is 17.2. The highest BCUT2D eigenvalue weighted by molar-refractivity contribution is 7.89. The van der Waals surface area contributed by atoms with Crippen LogP contribution in [0.2, 0.25) is 0 Å². The van der Waals surface area contributed by atoms with Gasteiger partial charge < -0.3 is 5.32 Å². The normalized spacial score (nSPS) is 15.8. The Labute approximate surface area is 178 Å². The zero-order valence-electron chi connectivity index (χ0n) is 16.3. The minimum Gasteiger partial charge on any atom is -0.360 e. The van der Waals surface area contributed by atoms with Gasteiger partial charge >= 0.3 is 0 Å². The standard InChI is InChI=1S/C21H18N4O5S/c1-14-9-11-17(12-10-14)31(29,30)23-24-20(15-5-4-6-16(13-15)25(27)28)22-19-8-3-2-7-18(19)21(24)26/h2-13,20,22-23H,1H3/t20-/m0/s1. The molecule has 4 rings (SSSR count). The maximum absolute atomic E-state index is 13.2. The predicted molar refractivity (Wildman–Crippen MR) is 114 cm³/mol. The number of hydrazine groups is 1. The van der Waals surface area contributed by atoms with Gasteiger partial charge in [-0.2, -0.15) is 0 Å². The third kappa shape index (κ3) is 3.98. The summed E-state index contributed by atoms with van der Waals surface area (Å²) in [5, 5.41) is 15.3. The molecule has 1 heterocycles. The number of nitro groups is 1. The van der Waals surface area contributed by atoms with Crippen LogP contribution in [0.15, 0.2) is 77.7 Å². The van der Waals surface area contributed by atoms with Crippen LogP contribution in [0, 0.1) is 17.0 Å². The van der Waals surface area contributed by atoms with Crippen molar-refractivity contribution in [3.05, 3.63) is 99.6 Å². The fourth-order valence-electron chi connectivity index (χ4n) is 3.29. The molecule has 9 nitrogen and oxygen atoms in total. The third-order valence-corrected chi connectivity index (χ3v) is 6.20. The van der Waals surface area contributed by atoms with E-state index in [1.165, 1.54) is 30.3 Å². The SMILES string of the molecule is Cc1ccc(S(=O)(=O)NN2C(=O)c3ccccc3N[C@@H]2c2cccc([N+](=O)[O-])c2)cc1. The quantitative estimate of drug-likeness (QED) is 0.465. The first-order valence-electron chi connectivity index (χ1n) is 9.29. The predicted octanol–water partition coefficient (Wildman–Crippen LogP) is 3.36. The van der Waals surface area contributed by atoms with Crippen molar-refractivity contribution in [2.24, 2.45) is 0 Å². The van der Waals surface area contributed by atoms with Crippen molar-refractivity contribution in [1.29, 1.82) is 0 Å². The average molecular weight is 438 g/mol. The topological polar surface area (TPSA) is 122 Å². The van der Waals surface area contributed by atoms with Gasteiger partial charge in [0.1, 0.15) is 6.17 Å². The van der Waals surface area contributed by atoms with Crippen molar-refractivity contribution in [2.45, 2.75) is 18.0 Å². The lowest BCUT2D eigenvalue weighted by atomic mass is 10.0. The van der Waals surface area contributed by atoms with Crippen LogP contribution in [-0.4, -0.2) is 24.3 Å². The van der Waals surface area contributed by atoms with E-state index < -0.39 is 27.0 Å². The summed E-state index contributed by atoms with van der Waals surface area (Å²) in [7, 11) is -4.10. The summed E-state index contributed by atoms with van der Waals surface area (Å²) >= 11 is 0. The molecule has 3 aromatic carbocycles. The largest absolute Gasteiger partial charge is 0.360 e. The first-order valence-corrected chi connectivity index (χ1v) is 10.8. The van der Waals surface area contributed by atoms with E-state index in [-0.39, 0.29) is 16.1 Å². The van der Waals surface area contributed by atoms with Crippen molar-refractivity contribution in [3.8, 4) is 0 Å². The Morgan fingerprint density at radius 3 is 2.45 bits per heavy atom. The number of carbonyl (C=O) groups is 1. The third-order valence-electron chi connectivity index (χ3n) is 4.87. The van der Waals surface area contributed by atoms with Crippen molar-refractivity contribution in [2.75, 3.05) is 5.32 Å². The number of para-hydroxylation sites is 1. The van der Waals surface area contributed by atoms with E-state index in [0.717, 1.165) is 10.6 Å². The van der Waals surface area contributed by atoms with Crippen molar-refractivity contribution in [1.82, 2.24) is 9.84 Å². The van der Waals surface area contributed by atoms with E-state index >= 15 is 0 Å². The molecule has 1 aliphatic heterocycles. The molecule has 0 saturated heterocycles. The number of sulfonamides is 1. The molecule has 1 aliphatic rings. The molecular weight excluding hydrogens is 420 g/mol. The fourth-order valence-corrected chi connectivity index (χ4v) is 4.34. The molecule has 0 bridgehead atoms. The van der Waals surface area contributed by atoms with E-state index in [1.54, 1.807) is 42.5 Å². The minimum absolute atomic E-state index is 0.0115. The van der Waals surface area contributed by atoms with Crippen LogP contribution >= 0.6 is 0 Å². The van der Waals surface area contributed by atoms with Gasteiger partial charge in [-0.15, -0.1) is 4.83 Å². The number of nitrogens with zero attached hydrogens (tertiary/aromatic N) is 2. The van der Waals surface area contributed by atoms with Gasteiger partial charge in [0.25, 0.3) is 21.6 Å². The molecule has 0 saturated carbocycles. The number of benzene rings is 3. The Morgan fingerprint density at radius 2 is 1.74 bits per heavy atom. The number of amides is 1. The lowest BCUT2D eigenvalue weighted by molar-refractivity contribution is -0.384. The molecule has 0 aromatic heterocycles. The highest BCUT2D eigenvalue weighted by Gasteiger charge is 2.36. The van der Waals surface area contributed by atoms with Gasteiger partial charge in [-0.05, 0) is 31.2 Å². The summed E-state index contributed by atoms with van der Waals surface area (Å²) in [6, 6.07) is 18.5. The van der Waals surface area contributed by atoms with Gasteiger partial charge in [-0.25, -0.2) is 13.4 Å². The number of non-ortho nitro benzene ring substituents is 1. The number of hydrogen-bond acceptors (Lipinski definition) is 6. The van der Waals surface area contributed by atoms with E-state index in [1.807, 2.05) is 6.92 Å². The molecular formula is C21H18N4O5S.